The van der Waals surface area contributed by atoms with Crippen molar-refractivity contribution in [2.75, 3.05) is 37.1 Å². The molecule has 5 nitrogen and oxygen atoms in total. The number of hydrogen-bond donors (Lipinski definition) is 0. The first-order valence-corrected chi connectivity index (χ1v) is 6.66. The summed E-state index contributed by atoms with van der Waals surface area (Å²) in [6, 6.07) is 2.10. The second-order valence-corrected chi connectivity index (χ2v) is 4.58. The SMILES string of the molecule is COc1cc(C)nc(N2CCOCC2CBr)n1. The first-order valence-electron chi connectivity index (χ1n) is 5.54. The zero-order valence-electron chi connectivity index (χ0n) is 10.0. The first kappa shape index (κ1) is 12.6. The highest BCUT2D eigenvalue weighted by Gasteiger charge is 2.24. The molecule has 0 saturated carbocycles. The van der Waals surface area contributed by atoms with Crippen molar-refractivity contribution in [1.29, 1.82) is 0 Å². The molecule has 1 aliphatic heterocycles. The molecule has 1 saturated heterocycles. The second-order valence-electron chi connectivity index (χ2n) is 3.93. The minimum absolute atomic E-state index is 0.273. The minimum Gasteiger partial charge on any atom is -0.481 e. The maximum atomic E-state index is 5.45. The maximum Gasteiger partial charge on any atom is 0.229 e. The van der Waals surface area contributed by atoms with E-state index in [4.69, 9.17) is 9.47 Å². The molecule has 2 heterocycles. The van der Waals surface area contributed by atoms with Crippen molar-refractivity contribution in [2.45, 2.75) is 13.0 Å². The highest BCUT2D eigenvalue weighted by Crippen LogP contribution is 2.20. The van der Waals surface area contributed by atoms with Gasteiger partial charge in [0.25, 0.3) is 0 Å². The van der Waals surface area contributed by atoms with E-state index < -0.39 is 0 Å². The molecule has 94 valence electrons. The predicted molar refractivity (Wildman–Crippen MR) is 69.1 cm³/mol. The van der Waals surface area contributed by atoms with Gasteiger partial charge < -0.3 is 14.4 Å². The van der Waals surface area contributed by atoms with E-state index in [0.717, 1.165) is 23.5 Å². The third-order valence-corrected chi connectivity index (χ3v) is 3.44. The molecule has 6 heteroatoms. The number of hydrogen-bond acceptors (Lipinski definition) is 5. The molecule has 0 spiro atoms. The molecule has 0 bridgehead atoms. The molecule has 0 aliphatic carbocycles. The molecule has 17 heavy (non-hydrogen) atoms. The lowest BCUT2D eigenvalue weighted by Gasteiger charge is -2.34. The highest BCUT2D eigenvalue weighted by atomic mass is 79.9. The number of alkyl halides is 1. The molecule has 1 aliphatic rings. The Morgan fingerprint density at radius 1 is 1.59 bits per heavy atom. The van der Waals surface area contributed by atoms with Crippen LogP contribution in [0.25, 0.3) is 0 Å². The van der Waals surface area contributed by atoms with Crippen LogP contribution in [0.15, 0.2) is 6.07 Å². The van der Waals surface area contributed by atoms with Gasteiger partial charge in [-0.15, -0.1) is 0 Å². The number of halogens is 1. The molecule has 0 radical (unpaired) electrons. The van der Waals surface area contributed by atoms with Crippen LogP contribution in [0.5, 0.6) is 5.88 Å². The Balaban J connectivity index is 2.27. The molecular weight excluding hydrogens is 286 g/mol. The van der Waals surface area contributed by atoms with Crippen molar-refractivity contribution < 1.29 is 9.47 Å². The van der Waals surface area contributed by atoms with Crippen LogP contribution in [0.1, 0.15) is 5.69 Å². The zero-order chi connectivity index (χ0) is 12.3. The van der Waals surface area contributed by atoms with Gasteiger partial charge in [-0.2, -0.15) is 4.98 Å². The van der Waals surface area contributed by atoms with Gasteiger partial charge in [0.05, 0.1) is 26.4 Å². The summed E-state index contributed by atoms with van der Waals surface area (Å²) >= 11 is 3.49. The molecular formula is C11H16BrN3O2. The third kappa shape index (κ3) is 2.87. The Kier molecular flexibility index (Phi) is 4.17. The average Bonchev–Trinajstić information content (AvgIpc) is 2.37. The maximum absolute atomic E-state index is 5.45. The van der Waals surface area contributed by atoms with E-state index in [9.17, 15) is 0 Å². The van der Waals surface area contributed by atoms with E-state index >= 15 is 0 Å². The summed E-state index contributed by atoms with van der Waals surface area (Å²) in [5, 5.41) is 0.840. The lowest BCUT2D eigenvalue weighted by molar-refractivity contribution is 0.0994. The monoisotopic (exact) mass is 301 g/mol. The largest absolute Gasteiger partial charge is 0.481 e. The summed E-state index contributed by atoms with van der Waals surface area (Å²) in [5.41, 5.74) is 0.909. The number of methoxy groups -OCH3 is 1. The highest BCUT2D eigenvalue weighted by molar-refractivity contribution is 9.09. The molecule has 2 rings (SSSR count). The quantitative estimate of drug-likeness (QED) is 0.790. The van der Waals surface area contributed by atoms with Crippen LogP contribution in [0.2, 0.25) is 0 Å². The van der Waals surface area contributed by atoms with Gasteiger partial charge in [-0.25, -0.2) is 4.98 Å². The Morgan fingerprint density at radius 2 is 2.41 bits per heavy atom. The fraction of sp³-hybridized carbons (Fsp3) is 0.636. The first-order chi connectivity index (χ1) is 8.24. The molecule has 0 amide bonds. The lowest BCUT2D eigenvalue weighted by atomic mass is 10.3. The summed E-state index contributed by atoms with van der Waals surface area (Å²) in [7, 11) is 1.62. The van der Waals surface area contributed by atoms with Gasteiger partial charge in [-0.1, -0.05) is 15.9 Å². The van der Waals surface area contributed by atoms with Crippen LogP contribution in [0.3, 0.4) is 0 Å². The summed E-state index contributed by atoms with van der Waals surface area (Å²) < 4.78 is 10.6. The molecule has 1 unspecified atom stereocenters. The predicted octanol–water partition coefficient (Wildman–Crippen LogP) is 1.39. The standard InChI is InChI=1S/C11H16BrN3O2/c1-8-5-10(16-2)14-11(13-8)15-3-4-17-7-9(15)6-12/h5,9H,3-4,6-7H2,1-2H3. The number of aromatic nitrogens is 2. The topological polar surface area (TPSA) is 47.5 Å². The smallest absolute Gasteiger partial charge is 0.229 e. The molecule has 1 aromatic heterocycles. The number of ether oxygens (including phenoxy) is 2. The fourth-order valence-corrected chi connectivity index (χ4v) is 2.34. The van der Waals surface area contributed by atoms with E-state index in [2.05, 4.69) is 30.8 Å². The summed E-state index contributed by atoms with van der Waals surface area (Å²) in [6.45, 7) is 4.16. The number of anilines is 1. The van der Waals surface area contributed by atoms with Gasteiger partial charge in [-0.3, -0.25) is 0 Å². The lowest BCUT2D eigenvalue weighted by Crippen LogP contribution is -2.47. The van der Waals surface area contributed by atoms with E-state index in [1.165, 1.54) is 0 Å². The third-order valence-electron chi connectivity index (χ3n) is 2.69. The van der Waals surface area contributed by atoms with Gasteiger partial charge in [0.1, 0.15) is 0 Å². The van der Waals surface area contributed by atoms with Crippen LogP contribution >= 0.6 is 15.9 Å². The number of aryl methyl sites for hydroxylation is 1. The summed E-state index contributed by atoms with van der Waals surface area (Å²) in [5.74, 6) is 1.32. The Bertz CT molecular complexity index is 389. The zero-order valence-corrected chi connectivity index (χ0v) is 11.6. The summed E-state index contributed by atoms with van der Waals surface area (Å²) in [6.07, 6.45) is 0. The second kappa shape index (κ2) is 5.64. The molecule has 0 N–H and O–H groups in total. The normalized spacial score (nSPS) is 20.4. The van der Waals surface area contributed by atoms with Crippen LogP contribution in [0, 0.1) is 6.92 Å². The van der Waals surface area contributed by atoms with Crippen molar-refractivity contribution in [3.63, 3.8) is 0 Å². The molecule has 0 aromatic carbocycles. The number of nitrogens with zero attached hydrogens (tertiary/aromatic N) is 3. The van der Waals surface area contributed by atoms with Gasteiger partial charge in [0.2, 0.25) is 11.8 Å². The number of morpholine rings is 1. The summed E-state index contributed by atoms with van der Waals surface area (Å²) in [4.78, 5) is 11.0. The number of rotatable bonds is 3. The molecule has 1 atom stereocenters. The van der Waals surface area contributed by atoms with E-state index in [-0.39, 0.29) is 6.04 Å². The average molecular weight is 302 g/mol. The Labute approximate surface area is 109 Å². The van der Waals surface area contributed by atoms with Crippen molar-refractivity contribution >= 4 is 21.9 Å². The Morgan fingerprint density at radius 3 is 3.12 bits per heavy atom. The molecule has 1 fully saturated rings. The van der Waals surface area contributed by atoms with Gasteiger partial charge in [0.15, 0.2) is 0 Å². The van der Waals surface area contributed by atoms with Crippen molar-refractivity contribution in [3.05, 3.63) is 11.8 Å². The van der Waals surface area contributed by atoms with Gasteiger partial charge >= 0.3 is 0 Å². The van der Waals surface area contributed by atoms with E-state index in [1.54, 1.807) is 7.11 Å². The van der Waals surface area contributed by atoms with Crippen LogP contribution < -0.4 is 9.64 Å². The van der Waals surface area contributed by atoms with Gasteiger partial charge in [-0.05, 0) is 6.92 Å². The van der Waals surface area contributed by atoms with Gasteiger partial charge in [0, 0.05) is 23.6 Å². The van der Waals surface area contributed by atoms with E-state index in [0.29, 0.717) is 19.1 Å². The van der Waals surface area contributed by atoms with E-state index in [1.807, 2.05) is 13.0 Å². The molecule has 1 aromatic rings. The van der Waals surface area contributed by atoms with Crippen LogP contribution in [0.4, 0.5) is 5.95 Å². The van der Waals surface area contributed by atoms with Crippen molar-refractivity contribution in [1.82, 2.24) is 9.97 Å². The van der Waals surface area contributed by atoms with Crippen LogP contribution in [-0.4, -0.2) is 48.2 Å². The minimum atomic E-state index is 0.273. The van der Waals surface area contributed by atoms with Crippen molar-refractivity contribution in [3.8, 4) is 5.88 Å². The fourth-order valence-electron chi connectivity index (χ4n) is 1.80. The Hall–Kier alpha value is -0.880. The van der Waals surface area contributed by atoms with Crippen molar-refractivity contribution in [2.24, 2.45) is 0 Å². The van der Waals surface area contributed by atoms with Crippen LogP contribution in [-0.2, 0) is 4.74 Å².